The summed E-state index contributed by atoms with van der Waals surface area (Å²) in [5, 5.41) is 12.3. The number of amides is 2. The molecule has 2 amide bonds. The number of likely N-dealkylation sites (N-methyl/N-ethyl adjacent to an activating group) is 1. The van der Waals surface area contributed by atoms with Crippen LogP contribution in [-0.4, -0.2) is 71.2 Å². The number of hydrogen-bond acceptors (Lipinski definition) is 7. The molecule has 2 atom stereocenters. The molecule has 0 aromatic carbocycles. The van der Waals surface area contributed by atoms with Crippen LogP contribution < -0.4 is 5.73 Å². The van der Waals surface area contributed by atoms with Crippen molar-refractivity contribution < 1.29 is 26.6 Å². The van der Waals surface area contributed by atoms with Crippen LogP contribution in [0.25, 0.3) is 0 Å². The summed E-state index contributed by atoms with van der Waals surface area (Å²) in [6, 6.07) is 0.379. The molecule has 0 unspecified atom stereocenters. The van der Waals surface area contributed by atoms with Gasteiger partial charge in [0.2, 0.25) is 0 Å². The molecule has 154 valence electrons. The molecule has 1 aromatic rings. The topological polar surface area (TPSA) is 166 Å². The minimum atomic E-state index is -4.79. The van der Waals surface area contributed by atoms with Gasteiger partial charge in [0, 0.05) is 32.6 Å². The van der Waals surface area contributed by atoms with Gasteiger partial charge >= 0.3 is 16.4 Å². The van der Waals surface area contributed by atoms with Gasteiger partial charge in [0.15, 0.2) is 5.96 Å². The van der Waals surface area contributed by atoms with E-state index in [9.17, 15) is 13.2 Å². The van der Waals surface area contributed by atoms with Gasteiger partial charge in [-0.05, 0) is 24.7 Å². The van der Waals surface area contributed by atoms with E-state index in [4.69, 9.17) is 20.2 Å². The molecule has 2 bridgehead atoms. The Morgan fingerprint density at radius 3 is 2.89 bits per heavy atom. The number of hydroxylamine groups is 2. The van der Waals surface area contributed by atoms with Gasteiger partial charge in [0.25, 0.3) is 0 Å². The summed E-state index contributed by atoms with van der Waals surface area (Å²) in [4.78, 5) is 15.8. The molecule has 2 saturated heterocycles. The first-order valence-corrected chi connectivity index (χ1v) is 10.2. The smallest absolute Gasteiger partial charge is 0.370 e. The van der Waals surface area contributed by atoms with Gasteiger partial charge in [0.1, 0.15) is 11.5 Å². The number of nitrogens with two attached hydrogens (primary N) is 1. The summed E-state index contributed by atoms with van der Waals surface area (Å²) in [5.74, 6) is 0.558. The van der Waals surface area contributed by atoms with Crippen LogP contribution in [0.1, 0.15) is 36.8 Å². The lowest BCUT2D eigenvalue weighted by molar-refractivity contribution is -0.0527. The molecule has 2 aliphatic heterocycles. The van der Waals surface area contributed by atoms with E-state index in [1.807, 2.05) is 0 Å². The van der Waals surface area contributed by atoms with Crippen molar-refractivity contribution in [2.24, 2.45) is 11.1 Å². The van der Waals surface area contributed by atoms with E-state index in [1.165, 1.54) is 4.90 Å². The molecule has 13 heteroatoms. The van der Waals surface area contributed by atoms with Gasteiger partial charge < -0.3 is 20.1 Å². The number of rotatable bonds is 6. The lowest BCUT2D eigenvalue weighted by Crippen LogP contribution is -2.43. The number of nitrogens with zero attached hydrogens (tertiary/aromatic N) is 4. The van der Waals surface area contributed by atoms with Crippen molar-refractivity contribution in [1.29, 1.82) is 5.41 Å². The van der Waals surface area contributed by atoms with Crippen LogP contribution >= 0.6 is 0 Å². The van der Waals surface area contributed by atoms with Crippen LogP contribution in [0.5, 0.6) is 0 Å². The van der Waals surface area contributed by atoms with Crippen molar-refractivity contribution in [2.75, 3.05) is 20.1 Å². The number of guanidine groups is 1. The summed E-state index contributed by atoms with van der Waals surface area (Å²) in [5.41, 5.74) is 5.76. The predicted molar refractivity (Wildman–Crippen MR) is 94.1 cm³/mol. The summed E-state index contributed by atoms with van der Waals surface area (Å²) in [7, 11) is -3.09. The van der Waals surface area contributed by atoms with Gasteiger partial charge in [-0.25, -0.2) is 4.79 Å². The molecular weight excluding hydrogens is 392 g/mol. The van der Waals surface area contributed by atoms with E-state index in [-0.39, 0.29) is 17.4 Å². The second-order valence-electron chi connectivity index (χ2n) is 7.64. The highest BCUT2D eigenvalue weighted by Crippen LogP contribution is 2.61. The number of carbonyl (C=O) groups is 1. The fourth-order valence-corrected chi connectivity index (χ4v) is 4.45. The minimum Gasteiger partial charge on any atom is -0.370 e. The second-order valence-corrected chi connectivity index (χ2v) is 8.64. The van der Waals surface area contributed by atoms with Gasteiger partial charge in [-0.15, -0.1) is 4.28 Å². The highest BCUT2D eigenvalue weighted by molar-refractivity contribution is 7.80. The fraction of sp³-hybridized carbons (Fsp3) is 0.667. The Balaban J connectivity index is 1.53. The molecule has 3 heterocycles. The highest BCUT2D eigenvalue weighted by atomic mass is 32.3. The summed E-state index contributed by atoms with van der Waals surface area (Å²) in [6.45, 7) is 0.785. The van der Waals surface area contributed by atoms with Crippen molar-refractivity contribution in [2.45, 2.75) is 37.8 Å². The third-order valence-electron chi connectivity index (χ3n) is 5.86. The Bertz CT molecular complexity index is 912. The molecule has 12 nitrogen and oxygen atoms in total. The Kier molecular flexibility index (Phi) is 4.28. The Labute approximate surface area is 161 Å². The maximum atomic E-state index is 12.7. The lowest BCUT2D eigenvalue weighted by Gasteiger charge is -2.35. The summed E-state index contributed by atoms with van der Waals surface area (Å²) in [6.07, 6.45) is 2.80. The van der Waals surface area contributed by atoms with E-state index in [2.05, 4.69) is 9.44 Å². The Hall–Kier alpha value is -2.38. The van der Waals surface area contributed by atoms with Crippen molar-refractivity contribution in [1.82, 2.24) is 20.0 Å². The zero-order valence-electron chi connectivity index (χ0n) is 15.2. The molecule has 1 aliphatic carbocycles. The van der Waals surface area contributed by atoms with E-state index >= 15 is 0 Å². The van der Waals surface area contributed by atoms with E-state index in [0.717, 1.165) is 17.9 Å². The summed E-state index contributed by atoms with van der Waals surface area (Å²) >= 11 is 0. The van der Waals surface area contributed by atoms with Crippen LogP contribution in [0.2, 0.25) is 0 Å². The van der Waals surface area contributed by atoms with Gasteiger partial charge in [0.05, 0.1) is 12.1 Å². The van der Waals surface area contributed by atoms with E-state index in [0.29, 0.717) is 37.4 Å². The third kappa shape index (κ3) is 3.29. The maximum absolute atomic E-state index is 12.7. The lowest BCUT2D eigenvalue weighted by atomic mass is 9.84. The fourth-order valence-electron chi connectivity index (χ4n) is 4.08. The number of hydrogen-bond donors (Lipinski definition) is 3. The average Bonchev–Trinajstić information content (AvgIpc) is 3.11. The van der Waals surface area contributed by atoms with E-state index in [1.54, 1.807) is 18.0 Å². The molecule has 4 N–H and O–H groups in total. The Morgan fingerprint density at radius 2 is 2.29 bits per heavy atom. The standard InChI is InChI=1S/C15H22N6O6S/c1-19(13(16)17)5-2-9-6-10(18-26-9)11-7-15(3-4-15)12-8-20(11)14(22)21(12)27-28(23,24)25/h6,11-12H,2-5,7-8H2,1H3,(H3,16,17)(H,23,24,25)/t11-,12-/m0/s1. The van der Waals surface area contributed by atoms with Gasteiger partial charge in [-0.1, -0.05) is 5.16 Å². The van der Waals surface area contributed by atoms with Crippen molar-refractivity contribution in [3.05, 3.63) is 17.5 Å². The summed E-state index contributed by atoms with van der Waals surface area (Å²) < 4.78 is 41.3. The molecular formula is C15H22N6O6S. The van der Waals surface area contributed by atoms with Crippen LogP contribution in [0.3, 0.4) is 0 Å². The first kappa shape index (κ1) is 19.0. The molecule has 1 saturated carbocycles. The molecule has 3 fully saturated rings. The number of fused-ring (bicyclic) bond motifs is 3. The number of urea groups is 1. The first-order chi connectivity index (χ1) is 13.1. The van der Waals surface area contributed by atoms with Crippen LogP contribution in [0.15, 0.2) is 10.6 Å². The van der Waals surface area contributed by atoms with Crippen molar-refractivity contribution in [3.63, 3.8) is 0 Å². The molecule has 4 rings (SSSR count). The average molecular weight is 414 g/mol. The predicted octanol–water partition coefficient (Wildman–Crippen LogP) is 0.108. The zero-order chi connectivity index (χ0) is 20.3. The minimum absolute atomic E-state index is 0.0460. The molecule has 1 spiro atoms. The quantitative estimate of drug-likeness (QED) is 0.332. The van der Waals surface area contributed by atoms with Crippen LogP contribution in [0.4, 0.5) is 4.79 Å². The number of carbonyl (C=O) groups excluding carboxylic acids is 1. The largest absolute Gasteiger partial charge is 0.418 e. The number of piperidine rings is 1. The second kappa shape index (κ2) is 6.32. The SMILES string of the molecule is CN(CCc1cc([C@@H]2CC3(CC3)[C@@H]3CN2C(=O)N3OS(=O)(=O)O)no1)C(=N)N. The first-order valence-electron chi connectivity index (χ1n) is 8.87. The third-order valence-corrected chi connectivity index (χ3v) is 6.21. The molecule has 0 radical (unpaired) electrons. The number of aromatic nitrogens is 1. The van der Waals surface area contributed by atoms with Gasteiger partial charge in [-0.2, -0.15) is 13.5 Å². The van der Waals surface area contributed by atoms with Crippen LogP contribution in [0, 0.1) is 10.8 Å². The monoisotopic (exact) mass is 414 g/mol. The Morgan fingerprint density at radius 1 is 1.57 bits per heavy atom. The van der Waals surface area contributed by atoms with Crippen LogP contribution in [-0.2, 0) is 21.1 Å². The van der Waals surface area contributed by atoms with Gasteiger partial charge in [-0.3, -0.25) is 9.96 Å². The zero-order valence-corrected chi connectivity index (χ0v) is 16.1. The van der Waals surface area contributed by atoms with Crippen molar-refractivity contribution in [3.8, 4) is 0 Å². The normalized spacial score (nSPS) is 25.4. The number of nitrogens with one attached hydrogen (secondary N) is 1. The maximum Gasteiger partial charge on any atom is 0.418 e. The molecule has 28 heavy (non-hydrogen) atoms. The molecule has 3 aliphatic rings. The highest BCUT2D eigenvalue weighted by Gasteiger charge is 2.64. The van der Waals surface area contributed by atoms with Crippen molar-refractivity contribution >= 4 is 22.4 Å². The molecule has 1 aromatic heterocycles. The van der Waals surface area contributed by atoms with E-state index < -0.39 is 22.5 Å².